The van der Waals surface area contributed by atoms with Gasteiger partial charge < -0.3 is 14.9 Å². The normalized spacial score (nSPS) is 26.4. The molecule has 0 aliphatic heterocycles. The molecule has 2 fully saturated rings. The Morgan fingerprint density at radius 3 is 2.86 bits per heavy atom. The van der Waals surface area contributed by atoms with Gasteiger partial charge in [-0.3, -0.25) is 4.68 Å². The smallest absolute Gasteiger partial charge is 0.263 e. The molecule has 2 N–H and O–H groups in total. The summed E-state index contributed by atoms with van der Waals surface area (Å²) in [5, 5.41) is 21.2. The Balaban J connectivity index is 1.53. The second-order valence-electron chi connectivity index (χ2n) is 6.19. The molecule has 0 bridgehead atoms. The van der Waals surface area contributed by atoms with Gasteiger partial charge >= 0.3 is 0 Å². The number of aryl methyl sites for hydroxylation is 1. The Labute approximate surface area is 122 Å². The fourth-order valence-corrected chi connectivity index (χ4v) is 2.91. The van der Waals surface area contributed by atoms with Crippen LogP contribution < -0.4 is 5.32 Å². The summed E-state index contributed by atoms with van der Waals surface area (Å²) >= 11 is 0. The summed E-state index contributed by atoms with van der Waals surface area (Å²) in [6, 6.07) is 0.0618. The van der Waals surface area contributed by atoms with Crippen molar-refractivity contribution < 1.29 is 9.63 Å². The molecule has 7 nitrogen and oxygen atoms in total. The largest absolute Gasteiger partial charge is 0.393 e. The third-order valence-electron chi connectivity index (χ3n) is 4.36. The lowest BCUT2D eigenvalue weighted by atomic mass is 9.75. The molecule has 0 saturated heterocycles. The molecule has 2 aliphatic carbocycles. The maximum absolute atomic E-state index is 9.57. The fourth-order valence-electron chi connectivity index (χ4n) is 2.91. The van der Waals surface area contributed by atoms with Crippen molar-refractivity contribution >= 4 is 5.95 Å². The van der Waals surface area contributed by atoms with Crippen molar-refractivity contribution in [1.82, 2.24) is 19.9 Å². The number of nitrogens with one attached hydrogen (secondary N) is 1. The van der Waals surface area contributed by atoms with E-state index in [0.29, 0.717) is 17.8 Å². The van der Waals surface area contributed by atoms with E-state index in [2.05, 4.69) is 20.6 Å². The summed E-state index contributed by atoms with van der Waals surface area (Å²) in [5.74, 6) is 2.09. The van der Waals surface area contributed by atoms with Gasteiger partial charge in [-0.2, -0.15) is 10.1 Å². The van der Waals surface area contributed by atoms with Gasteiger partial charge in [0.2, 0.25) is 5.89 Å². The number of anilines is 1. The van der Waals surface area contributed by atoms with Crippen LogP contribution in [0.4, 0.5) is 5.95 Å². The van der Waals surface area contributed by atoms with Crippen LogP contribution >= 0.6 is 0 Å². The van der Waals surface area contributed by atoms with Crippen LogP contribution in [0.15, 0.2) is 16.9 Å². The predicted octanol–water partition coefficient (Wildman–Crippen LogP) is 1.60. The first-order chi connectivity index (χ1) is 10.2. The summed E-state index contributed by atoms with van der Waals surface area (Å²) in [6.07, 6.45) is 7.52. The lowest BCUT2D eigenvalue weighted by molar-refractivity contribution is 0.0338. The molecule has 0 radical (unpaired) electrons. The first-order valence-corrected chi connectivity index (χ1v) is 7.46. The van der Waals surface area contributed by atoms with Gasteiger partial charge in [0.1, 0.15) is 0 Å². The molecule has 4 rings (SSSR count). The van der Waals surface area contributed by atoms with Crippen molar-refractivity contribution in [2.75, 3.05) is 5.32 Å². The quantitative estimate of drug-likeness (QED) is 0.869. The summed E-state index contributed by atoms with van der Waals surface area (Å²) in [5.41, 5.74) is 1.09. The first kappa shape index (κ1) is 12.8. The third kappa shape index (κ3) is 2.53. The average molecular weight is 289 g/mol. The zero-order valence-corrected chi connectivity index (χ0v) is 11.9. The van der Waals surface area contributed by atoms with E-state index >= 15 is 0 Å². The van der Waals surface area contributed by atoms with Gasteiger partial charge in [0, 0.05) is 24.7 Å². The van der Waals surface area contributed by atoms with E-state index in [9.17, 15) is 5.11 Å². The van der Waals surface area contributed by atoms with Gasteiger partial charge in [-0.05, 0) is 36.8 Å². The lowest BCUT2D eigenvalue weighted by Crippen LogP contribution is -2.36. The van der Waals surface area contributed by atoms with E-state index in [1.165, 1.54) is 0 Å². The summed E-state index contributed by atoms with van der Waals surface area (Å²) in [4.78, 5) is 4.43. The Hall–Kier alpha value is -1.89. The maximum Gasteiger partial charge on any atom is 0.263 e. The van der Waals surface area contributed by atoms with E-state index in [1.54, 1.807) is 4.68 Å². The van der Waals surface area contributed by atoms with Crippen LogP contribution in [0.5, 0.6) is 0 Å². The van der Waals surface area contributed by atoms with E-state index < -0.39 is 0 Å². The molecule has 2 aromatic heterocycles. The minimum Gasteiger partial charge on any atom is -0.393 e. The molecule has 2 heterocycles. The predicted molar refractivity (Wildman–Crippen MR) is 74.6 cm³/mol. The number of hydrogen-bond acceptors (Lipinski definition) is 6. The zero-order chi connectivity index (χ0) is 14.4. The molecule has 0 amide bonds. The van der Waals surface area contributed by atoms with E-state index in [0.717, 1.165) is 37.1 Å². The lowest BCUT2D eigenvalue weighted by Gasteiger charge is -2.37. The Morgan fingerprint density at radius 2 is 2.24 bits per heavy atom. The summed E-state index contributed by atoms with van der Waals surface area (Å²) < 4.78 is 7.07. The topological polar surface area (TPSA) is 89.0 Å². The van der Waals surface area contributed by atoms with Gasteiger partial charge in [0.05, 0.1) is 18.3 Å². The van der Waals surface area contributed by atoms with Crippen LogP contribution in [-0.2, 0) is 7.05 Å². The SMILES string of the molecule is Cn1cc([C@@H](Nc2noc(C3CC3)n2)C2CC(O)C2)cn1. The highest BCUT2D eigenvalue weighted by Gasteiger charge is 2.36. The first-order valence-electron chi connectivity index (χ1n) is 7.46. The molecule has 21 heavy (non-hydrogen) atoms. The van der Waals surface area contributed by atoms with Crippen LogP contribution in [0.1, 0.15) is 49.1 Å². The number of rotatable bonds is 5. The number of hydrogen-bond donors (Lipinski definition) is 2. The molecule has 7 heteroatoms. The van der Waals surface area contributed by atoms with E-state index in [4.69, 9.17) is 4.52 Å². The highest BCUT2D eigenvalue weighted by atomic mass is 16.5. The molecule has 2 aromatic rings. The molecule has 1 atom stereocenters. The standard InChI is InChI=1S/C14H19N5O2/c1-19-7-10(6-15-19)12(9-4-11(20)5-9)16-14-17-13(21-18-14)8-2-3-8/h6-9,11-12,20H,2-5H2,1H3,(H,16,18)/t9?,11?,12-/m0/s1. The Kier molecular flexibility index (Phi) is 2.95. The monoisotopic (exact) mass is 289 g/mol. The molecule has 2 saturated carbocycles. The summed E-state index contributed by atoms with van der Waals surface area (Å²) in [6.45, 7) is 0. The minimum atomic E-state index is -0.191. The van der Waals surface area contributed by atoms with Gasteiger partial charge in [-0.1, -0.05) is 0 Å². The molecule has 112 valence electrons. The highest BCUT2D eigenvalue weighted by molar-refractivity contribution is 5.31. The van der Waals surface area contributed by atoms with Gasteiger partial charge in [-0.15, -0.1) is 0 Å². The fraction of sp³-hybridized carbons (Fsp3) is 0.643. The average Bonchev–Trinajstić information content (AvgIpc) is 3.02. The van der Waals surface area contributed by atoms with Gasteiger partial charge in [-0.25, -0.2) is 0 Å². The third-order valence-corrected chi connectivity index (χ3v) is 4.36. The molecule has 0 spiro atoms. The number of aromatic nitrogens is 4. The van der Waals surface area contributed by atoms with Crippen LogP contribution in [0.25, 0.3) is 0 Å². The maximum atomic E-state index is 9.57. The van der Waals surface area contributed by atoms with Crippen molar-refractivity contribution in [2.24, 2.45) is 13.0 Å². The number of aliphatic hydroxyl groups is 1. The second kappa shape index (κ2) is 4.84. The van der Waals surface area contributed by atoms with Crippen molar-refractivity contribution in [2.45, 2.75) is 43.7 Å². The van der Waals surface area contributed by atoms with Crippen LogP contribution in [0.3, 0.4) is 0 Å². The number of nitrogens with zero attached hydrogens (tertiary/aromatic N) is 4. The molecule has 2 aliphatic rings. The van der Waals surface area contributed by atoms with Crippen LogP contribution in [0.2, 0.25) is 0 Å². The number of aliphatic hydroxyl groups excluding tert-OH is 1. The molecule has 0 unspecified atom stereocenters. The second-order valence-corrected chi connectivity index (χ2v) is 6.19. The molecular formula is C14H19N5O2. The van der Waals surface area contributed by atoms with Crippen LogP contribution in [-0.4, -0.2) is 31.1 Å². The summed E-state index contributed by atoms with van der Waals surface area (Å²) in [7, 11) is 1.90. The Morgan fingerprint density at radius 1 is 1.43 bits per heavy atom. The van der Waals surface area contributed by atoms with Crippen molar-refractivity contribution in [1.29, 1.82) is 0 Å². The van der Waals surface area contributed by atoms with Crippen molar-refractivity contribution in [3.05, 3.63) is 23.8 Å². The van der Waals surface area contributed by atoms with Crippen molar-refractivity contribution in [3.63, 3.8) is 0 Å². The van der Waals surface area contributed by atoms with Gasteiger partial charge in [0.15, 0.2) is 0 Å². The highest BCUT2D eigenvalue weighted by Crippen LogP contribution is 2.41. The van der Waals surface area contributed by atoms with Crippen LogP contribution in [0, 0.1) is 5.92 Å². The minimum absolute atomic E-state index is 0.0618. The van der Waals surface area contributed by atoms with E-state index in [1.807, 2.05) is 19.4 Å². The van der Waals surface area contributed by atoms with Gasteiger partial charge in [0.25, 0.3) is 5.95 Å². The van der Waals surface area contributed by atoms with Crippen molar-refractivity contribution in [3.8, 4) is 0 Å². The zero-order valence-electron chi connectivity index (χ0n) is 11.9. The molecular weight excluding hydrogens is 270 g/mol. The Bertz CT molecular complexity index is 627. The van der Waals surface area contributed by atoms with E-state index in [-0.39, 0.29) is 12.1 Å². The molecule has 0 aromatic carbocycles.